The number of carbonyl (C=O) groups excluding carboxylic acids is 1. The number of carbonyl (C=O) groups is 1. The smallest absolute Gasteiger partial charge is 0.238 e. The quantitative estimate of drug-likeness (QED) is 0.818. The van der Waals surface area contributed by atoms with Gasteiger partial charge in [0.15, 0.2) is 0 Å². The topological polar surface area (TPSA) is 50.4 Å². The van der Waals surface area contributed by atoms with Crippen LogP contribution in [-0.4, -0.2) is 26.1 Å². The van der Waals surface area contributed by atoms with Gasteiger partial charge in [0.25, 0.3) is 0 Å². The highest BCUT2D eigenvalue weighted by atomic mass is 35.5. The van der Waals surface area contributed by atoms with Crippen LogP contribution < -0.4 is 10.6 Å². The van der Waals surface area contributed by atoms with Crippen molar-refractivity contribution in [1.29, 1.82) is 0 Å². The molecule has 0 aromatic heterocycles. The van der Waals surface area contributed by atoms with Gasteiger partial charge in [0, 0.05) is 12.3 Å². The Hall–Kier alpha value is -1.10. The van der Waals surface area contributed by atoms with Crippen molar-refractivity contribution in [1.82, 2.24) is 5.32 Å². The largest absolute Gasteiger partial charge is 0.377 e. The molecule has 0 unspecified atom stereocenters. The van der Waals surface area contributed by atoms with Crippen LogP contribution in [0.25, 0.3) is 0 Å². The minimum absolute atomic E-state index is 0. The molecule has 0 spiro atoms. The number of anilines is 1. The van der Waals surface area contributed by atoms with E-state index in [4.69, 9.17) is 4.74 Å². The van der Waals surface area contributed by atoms with Gasteiger partial charge in [-0.3, -0.25) is 4.79 Å². The summed E-state index contributed by atoms with van der Waals surface area (Å²) >= 11 is 0. The molecule has 1 amide bonds. The zero-order valence-corrected chi connectivity index (χ0v) is 11.0. The van der Waals surface area contributed by atoms with Gasteiger partial charge in [-0.1, -0.05) is 12.1 Å². The molecule has 0 aliphatic heterocycles. The number of likely N-dealkylation sites (N-methyl/N-ethyl adjacent to an activating group) is 1. The lowest BCUT2D eigenvalue weighted by atomic mass is 10.2. The van der Waals surface area contributed by atoms with E-state index in [2.05, 4.69) is 10.6 Å². The number of halogens is 1. The van der Waals surface area contributed by atoms with Gasteiger partial charge in [-0.15, -0.1) is 12.4 Å². The van der Waals surface area contributed by atoms with Crippen LogP contribution in [0.2, 0.25) is 0 Å². The summed E-state index contributed by atoms with van der Waals surface area (Å²) in [6.07, 6.45) is 0. The second kappa shape index (κ2) is 8.98. The minimum atomic E-state index is -0.0453. The van der Waals surface area contributed by atoms with Gasteiger partial charge in [0.1, 0.15) is 0 Å². The van der Waals surface area contributed by atoms with Crippen molar-refractivity contribution in [2.75, 3.05) is 25.5 Å². The molecular weight excluding hydrogens is 240 g/mol. The molecule has 2 N–H and O–H groups in total. The molecule has 0 saturated heterocycles. The summed E-state index contributed by atoms with van der Waals surface area (Å²) < 4.78 is 5.30. The average Bonchev–Trinajstić information content (AvgIpc) is 2.27. The molecule has 0 aliphatic carbocycles. The lowest BCUT2D eigenvalue weighted by molar-refractivity contribution is -0.115. The van der Waals surface area contributed by atoms with E-state index in [0.717, 1.165) is 11.3 Å². The molecule has 0 radical (unpaired) electrons. The van der Waals surface area contributed by atoms with Gasteiger partial charge < -0.3 is 15.4 Å². The van der Waals surface area contributed by atoms with Gasteiger partial charge >= 0.3 is 0 Å². The number of rotatable bonds is 6. The Bertz CT molecular complexity index is 345. The van der Waals surface area contributed by atoms with Crippen LogP contribution in [-0.2, 0) is 16.1 Å². The van der Waals surface area contributed by atoms with Gasteiger partial charge in [-0.25, -0.2) is 0 Å². The normalized spacial score (nSPS) is 9.53. The minimum Gasteiger partial charge on any atom is -0.377 e. The molecule has 96 valence electrons. The average molecular weight is 259 g/mol. The Labute approximate surface area is 108 Å². The predicted molar refractivity (Wildman–Crippen MR) is 71.6 cm³/mol. The van der Waals surface area contributed by atoms with Crippen molar-refractivity contribution < 1.29 is 9.53 Å². The number of amides is 1. The molecule has 1 rings (SSSR count). The molecular formula is C12H19ClN2O2. The Morgan fingerprint density at radius 1 is 1.41 bits per heavy atom. The second-order valence-electron chi connectivity index (χ2n) is 3.42. The van der Waals surface area contributed by atoms with Crippen molar-refractivity contribution in [3.63, 3.8) is 0 Å². The molecule has 5 heteroatoms. The van der Waals surface area contributed by atoms with Crippen LogP contribution in [0.3, 0.4) is 0 Å². The molecule has 0 atom stereocenters. The number of ether oxygens (including phenoxy) is 1. The number of nitrogens with one attached hydrogen (secondary N) is 2. The zero-order chi connectivity index (χ0) is 11.8. The van der Waals surface area contributed by atoms with E-state index >= 15 is 0 Å². The van der Waals surface area contributed by atoms with Crippen LogP contribution in [0, 0.1) is 0 Å². The predicted octanol–water partition coefficient (Wildman–Crippen LogP) is 1.80. The van der Waals surface area contributed by atoms with Crippen molar-refractivity contribution in [3.8, 4) is 0 Å². The van der Waals surface area contributed by atoms with E-state index in [-0.39, 0.29) is 18.3 Å². The van der Waals surface area contributed by atoms with Gasteiger partial charge in [-0.2, -0.15) is 0 Å². The van der Waals surface area contributed by atoms with E-state index < -0.39 is 0 Å². The summed E-state index contributed by atoms with van der Waals surface area (Å²) in [5.74, 6) is -0.0453. The first-order valence-electron chi connectivity index (χ1n) is 5.37. The van der Waals surface area contributed by atoms with E-state index in [1.54, 1.807) is 7.05 Å². The van der Waals surface area contributed by atoms with Crippen molar-refractivity contribution in [3.05, 3.63) is 29.8 Å². The molecule has 0 heterocycles. The molecule has 4 nitrogen and oxygen atoms in total. The SMILES string of the molecule is CCOCc1cccc(NC(=O)CNC)c1.Cl. The molecule has 0 aliphatic rings. The van der Waals surface area contributed by atoms with E-state index in [1.165, 1.54) is 0 Å². The summed E-state index contributed by atoms with van der Waals surface area (Å²) in [5, 5.41) is 5.60. The number of hydrogen-bond donors (Lipinski definition) is 2. The molecule has 1 aromatic rings. The lowest BCUT2D eigenvalue weighted by Crippen LogP contribution is -2.25. The van der Waals surface area contributed by atoms with Crippen LogP contribution in [0.4, 0.5) is 5.69 Å². The zero-order valence-electron chi connectivity index (χ0n) is 10.2. The third kappa shape index (κ3) is 6.26. The maximum absolute atomic E-state index is 11.3. The third-order valence-electron chi connectivity index (χ3n) is 2.02. The Morgan fingerprint density at radius 2 is 2.18 bits per heavy atom. The first-order valence-corrected chi connectivity index (χ1v) is 5.37. The van der Waals surface area contributed by atoms with Crippen molar-refractivity contribution in [2.24, 2.45) is 0 Å². The van der Waals surface area contributed by atoms with Crippen LogP contribution in [0.15, 0.2) is 24.3 Å². The summed E-state index contributed by atoms with van der Waals surface area (Å²) in [6.45, 7) is 3.54. The highest BCUT2D eigenvalue weighted by Crippen LogP contribution is 2.11. The Kier molecular flexibility index (Phi) is 8.40. The van der Waals surface area contributed by atoms with Crippen LogP contribution in [0.5, 0.6) is 0 Å². The highest BCUT2D eigenvalue weighted by Gasteiger charge is 2.01. The highest BCUT2D eigenvalue weighted by molar-refractivity contribution is 5.92. The molecule has 0 fully saturated rings. The molecule has 0 saturated carbocycles. The number of benzene rings is 1. The third-order valence-corrected chi connectivity index (χ3v) is 2.02. The molecule has 17 heavy (non-hydrogen) atoms. The molecule has 0 bridgehead atoms. The maximum Gasteiger partial charge on any atom is 0.238 e. The first kappa shape index (κ1) is 15.9. The monoisotopic (exact) mass is 258 g/mol. The summed E-state index contributed by atoms with van der Waals surface area (Å²) in [6, 6.07) is 7.67. The maximum atomic E-state index is 11.3. The van der Waals surface area contributed by atoms with Gasteiger partial charge in [-0.05, 0) is 31.7 Å². The summed E-state index contributed by atoms with van der Waals surface area (Å²) in [7, 11) is 1.74. The fraction of sp³-hybridized carbons (Fsp3) is 0.417. The lowest BCUT2D eigenvalue weighted by Gasteiger charge is -2.07. The fourth-order valence-corrected chi connectivity index (χ4v) is 1.32. The van der Waals surface area contributed by atoms with Gasteiger partial charge in [0.2, 0.25) is 5.91 Å². The summed E-state index contributed by atoms with van der Waals surface area (Å²) in [5.41, 5.74) is 1.86. The Balaban J connectivity index is 0.00000256. The van der Waals surface area contributed by atoms with E-state index in [9.17, 15) is 4.79 Å². The van der Waals surface area contributed by atoms with E-state index in [1.807, 2.05) is 31.2 Å². The fourth-order valence-electron chi connectivity index (χ4n) is 1.32. The molecule has 1 aromatic carbocycles. The standard InChI is InChI=1S/C12H18N2O2.ClH/c1-3-16-9-10-5-4-6-11(7-10)14-12(15)8-13-2;/h4-7,13H,3,8-9H2,1-2H3,(H,14,15);1H. The summed E-state index contributed by atoms with van der Waals surface area (Å²) in [4.78, 5) is 11.3. The first-order chi connectivity index (χ1) is 7.76. The number of hydrogen-bond acceptors (Lipinski definition) is 3. The van der Waals surface area contributed by atoms with Crippen molar-refractivity contribution in [2.45, 2.75) is 13.5 Å². The Morgan fingerprint density at radius 3 is 2.82 bits per heavy atom. The van der Waals surface area contributed by atoms with Crippen molar-refractivity contribution >= 4 is 24.0 Å². The van der Waals surface area contributed by atoms with Gasteiger partial charge in [0.05, 0.1) is 13.2 Å². The van der Waals surface area contributed by atoms with Crippen LogP contribution >= 0.6 is 12.4 Å². The van der Waals surface area contributed by atoms with E-state index in [0.29, 0.717) is 19.8 Å². The second-order valence-corrected chi connectivity index (χ2v) is 3.42. The van der Waals surface area contributed by atoms with Crippen LogP contribution in [0.1, 0.15) is 12.5 Å².